The largest absolute Gasteiger partial charge is 0.447 e. The number of pyridine rings is 1. The highest BCUT2D eigenvalue weighted by Crippen LogP contribution is 2.54. The Balaban J connectivity index is 1.60. The predicted molar refractivity (Wildman–Crippen MR) is 193 cm³/mol. The number of hydrogen-bond acceptors (Lipinski definition) is 8. The Bertz CT molecular complexity index is 1660. The number of amides is 4. The van der Waals surface area contributed by atoms with Crippen LogP contribution in [-0.4, -0.2) is 72.5 Å². The van der Waals surface area contributed by atoms with Crippen LogP contribution in [-0.2, 0) is 29.7 Å². The van der Waals surface area contributed by atoms with Crippen molar-refractivity contribution in [1.29, 1.82) is 0 Å². The summed E-state index contributed by atoms with van der Waals surface area (Å²) in [4.78, 5) is 44.2. The Morgan fingerprint density at radius 2 is 1.72 bits per heavy atom. The average molecular weight is 736 g/mol. The lowest BCUT2D eigenvalue weighted by molar-refractivity contribution is -0.121. The molecule has 1 aromatic heterocycles. The molecule has 3 aromatic rings. The second kappa shape index (κ2) is 17.9. The van der Waals surface area contributed by atoms with Gasteiger partial charge < -0.3 is 29.3 Å². The van der Waals surface area contributed by atoms with Gasteiger partial charge in [-0.3, -0.25) is 14.7 Å². The van der Waals surface area contributed by atoms with E-state index in [-0.39, 0.29) is 67.5 Å². The van der Waals surface area contributed by atoms with Crippen LogP contribution in [0.4, 0.5) is 19.8 Å². The number of carbonyl (C=O) groups is 3. The van der Waals surface area contributed by atoms with Gasteiger partial charge in [-0.1, -0.05) is 68.8 Å². The van der Waals surface area contributed by atoms with E-state index in [1.807, 2.05) is 45.0 Å². The summed E-state index contributed by atoms with van der Waals surface area (Å²) in [5.74, 6) is -0.684. The molecule has 0 spiro atoms. The van der Waals surface area contributed by atoms with Gasteiger partial charge in [0.25, 0.3) is 0 Å². The van der Waals surface area contributed by atoms with Crippen LogP contribution in [0.1, 0.15) is 59.9 Å². The molecule has 1 unspecified atom stereocenters. The zero-order valence-corrected chi connectivity index (χ0v) is 31.3. The van der Waals surface area contributed by atoms with Crippen LogP contribution in [0, 0.1) is 11.2 Å². The minimum Gasteiger partial charge on any atom is -0.447 e. The fourth-order valence-corrected chi connectivity index (χ4v) is 7.63. The molecule has 2 aromatic carbocycles. The highest BCUT2D eigenvalue weighted by atomic mass is 35.5. The number of anilines is 1. The maximum Gasteiger partial charge on any atom is 0.412 e. The van der Waals surface area contributed by atoms with Crippen LogP contribution >= 0.6 is 19.2 Å². The molecule has 15 heteroatoms. The molecule has 0 fully saturated rings. The van der Waals surface area contributed by atoms with E-state index < -0.39 is 37.2 Å². The van der Waals surface area contributed by atoms with E-state index in [2.05, 4.69) is 20.9 Å². The van der Waals surface area contributed by atoms with E-state index in [1.165, 1.54) is 24.1 Å². The molecule has 3 rings (SSSR count). The minimum atomic E-state index is -3.46. The van der Waals surface area contributed by atoms with Crippen molar-refractivity contribution in [3.05, 3.63) is 71.1 Å². The highest BCUT2D eigenvalue weighted by molar-refractivity contribution is 7.53. The smallest absolute Gasteiger partial charge is 0.412 e. The Labute approximate surface area is 298 Å². The lowest BCUT2D eigenvalue weighted by Crippen LogP contribution is -2.46. The second-order valence-electron chi connectivity index (χ2n) is 14.0. The van der Waals surface area contributed by atoms with Crippen molar-refractivity contribution in [2.75, 3.05) is 38.3 Å². The molecule has 0 saturated carbocycles. The van der Waals surface area contributed by atoms with Crippen LogP contribution in [0.2, 0.25) is 5.02 Å². The zero-order valence-electron chi connectivity index (χ0n) is 29.7. The second-order valence-corrected chi connectivity index (χ2v) is 16.4. The number of ether oxygens (including phenoxy) is 1. The molecule has 0 radical (unpaired) electrons. The standard InChI is InChI=1S/C35H48ClFN5O7P/c1-34(2,3)23-50(46,49-35(4,5)6)48-18-17-38-30(43)16-15-27(42(7)32(44)40-21-26-13-10-14-28(37)31(26)36)22-47-33(45)41-29-19-24-11-8-9-12-25(24)20-39-29/h8-14,19-20,27H,15-18,21-23H2,1-7H3,(H,38,43)(H,40,44)(H,39,41,45)/t27-,50?/m0/s1. The van der Waals surface area contributed by atoms with Crippen LogP contribution in [0.3, 0.4) is 0 Å². The summed E-state index contributed by atoms with van der Waals surface area (Å²) < 4.78 is 44.3. The van der Waals surface area contributed by atoms with Crippen molar-refractivity contribution in [2.24, 2.45) is 5.41 Å². The minimum absolute atomic E-state index is 0.0321. The lowest BCUT2D eigenvalue weighted by atomic mass is 10.0. The fourth-order valence-electron chi connectivity index (χ4n) is 4.86. The van der Waals surface area contributed by atoms with Gasteiger partial charge in [-0.05, 0) is 55.7 Å². The van der Waals surface area contributed by atoms with Crippen molar-refractivity contribution < 1.29 is 37.1 Å². The van der Waals surface area contributed by atoms with Crippen LogP contribution < -0.4 is 16.0 Å². The molecule has 0 aliphatic carbocycles. The predicted octanol–water partition coefficient (Wildman–Crippen LogP) is 7.75. The average Bonchev–Trinajstić information content (AvgIpc) is 3.01. The van der Waals surface area contributed by atoms with Crippen molar-refractivity contribution in [1.82, 2.24) is 20.5 Å². The third kappa shape index (κ3) is 13.9. The van der Waals surface area contributed by atoms with E-state index in [9.17, 15) is 23.3 Å². The van der Waals surface area contributed by atoms with Gasteiger partial charge in [0, 0.05) is 38.1 Å². The molecule has 1 heterocycles. The normalized spacial score (nSPS) is 13.6. The quantitative estimate of drug-likeness (QED) is 0.106. The van der Waals surface area contributed by atoms with Crippen molar-refractivity contribution in [2.45, 2.75) is 72.6 Å². The van der Waals surface area contributed by atoms with Gasteiger partial charge in [0.05, 0.1) is 29.4 Å². The summed E-state index contributed by atoms with van der Waals surface area (Å²) in [5, 5.41) is 9.68. The molecule has 2 atom stereocenters. The number of carbonyl (C=O) groups excluding carboxylic acids is 3. The summed E-state index contributed by atoms with van der Waals surface area (Å²) in [6.07, 6.45) is 1.12. The van der Waals surface area contributed by atoms with Gasteiger partial charge in [0.15, 0.2) is 0 Å². The molecule has 3 N–H and O–H groups in total. The van der Waals surface area contributed by atoms with E-state index in [4.69, 9.17) is 25.4 Å². The molecule has 50 heavy (non-hydrogen) atoms. The number of nitrogens with one attached hydrogen (secondary N) is 3. The van der Waals surface area contributed by atoms with E-state index in [0.717, 1.165) is 10.8 Å². The van der Waals surface area contributed by atoms with Gasteiger partial charge in [-0.25, -0.2) is 19.0 Å². The Morgan fingerprint density at radius 1 is 1.02 bits per heavy atom. The van der Waals surface area contributed by atoms with Gasteiger partial charge in [0.2, 0.25) is 5.91 Å². The summed E-state index contributed by atoms with van der Waals surface area (Å²) >= 11 is 6.03. The SMILES string of the molecule is CN(C(=O)NCc1cccc(F)c1Cl)[C@@H](CCC(=O)NCCOP(=O)(CC(C)(C)C)OC(C)(C)C)COC(=O)Nc1cc2ccccc2cn1. The number of fused-ring (bicyclic) bond motifs is 1. The topological polar surface area (TPSA) is 148 Å². The van der Waals surface area contributed by atoms with Gasteiger partial charge >= 0.3 is 19.7 Å². The van der Waals surface area contributed by atoms with Gasteiger partial charge in [0.1, 0.15) is 18.2 Å². The fraction of sp³-hybridized carbons (Fsp3) is 0.486. The van der Waals surface area contributed by atoms with E-state index in [0.29, 0.717) is 5.56 Å². The van der Waals surface area contributed by atoms with Crippen molar-refractivity contribution in [3.8, 4) is 0 Å². The van der Waals surface area contributed by atoms with Crippen LogP contribution in [0.15, 0.2) is 54.7 Å². The monoisotopic (exact) mass is 735 g/mol. The first-order valence-corrected chi connectivity index (χ1v) is 18.4. The molecule has 0 aliphatic rings. The molecule has 274 valence electrons. The Hall–Kier alpha value is -3.77. The molecule has 12 nitrogen and oxygen atoms in total. The molecular formula is C35H48ClFN5O7P. The third-order valence-electron chi connectivity index (χ3n) is 7.10. The summed E-state index contributed by atoms with van der Waals surface area (Å²) in [6.45, 7) is 10.9. The Kier molecular flexibility index (Phi) is 14.6. The number of likely N-dealkylation sites (N-methyl/N-ethyl adjacent to an activating group) is 1. The summed E-state index contributed by atoms with van der Waals surface area (Å²) in [6, 6.07) is 12.2. The number of nitrogens with zero attached hydrogens (tertiary/aromatic N) is 2. The summed E-state index contributed by atoms with van der Waals surface area (Å²) in [5.41, 5.74) is -0.623. The molecule has 0 saturated heterocycles. The third-order valence-corrected chi connectivity index (χ3v) is 10.3. The van der Waals surface area contributed by atoms with Crippen LogP contribution in [0.5, 0.6) is 0 Å². The highest BCUT2D eigenvalue weighted by Gasteiger charge is 2.35. The first kappa shape index (κ1) is 40.7. The van der Waals surface area contributed by atoms with E-state index in [1.54, 1.807) is 39.1 Å². The first-order chi connectivity index (χ1) is 23.3. The zero-order chi connectivity index (χ0) is 37.1. The van der Waals surface area contributed by atoms with Crippen molar-refractivity contribution >= 4 is 53.8 Å². The number of urea groups is 1. The van der Waals surface area contributed by atoms with Crippen LogP contribution in [0.25, 0.3) is 10.8 Å². The molecular weight excluding hydrogens is 688 g/mol. The first-order valence-electron chi connectivity index (χ1n) is 16.3. The molecule has 0 bridgehead atoms. The lowest BCUT2D eigenvalue weighted by Gasteiger charge is -2.31. The molecule has 0 aliphatic heterocycles. The number of rotatable bonds is 15. The number of hydrogen-bond donors (Lipinski definition) is 3. The van der Waals surface area contributed by atoms with Gasteiger partial charge in [-0.2, -0.15) is 0 Å². The number of aromatic nitrogens is 1. The van der Waals surface area contributed by atoms with Gasteiger partial charge in [-0.15, -0.1) is 0 Å². The number of halogens is 2. The number of benzene rings is 2. The summed E-state index contributed by atoms with van der Waals surface area (Å²) in [7, 11) is -1.97. The van der Waals surface area contributed by atoms with Crippen molar-refractivity contribution in [3.63, 3.8) is 0 Å². The maximum atomic E-state index is 13.9. The molecule has 4 amide bonds. The Morgan fingerprint density at radius 3 is 2.40 bits per heavy atom. The maximum absolute atomic E-state index is 13.9. The van der Waals surface area contributed by atoms with E-state index >= 15 is 0 Å².